The van der Waals surface area contributed by atoms with Crippen molar-refractivity contribution in [3.63, 3.8) is 0 Å². The van der Waals surface area contributed by atoms with Crippen molar-refractivity contribution in [3.8, 4) is 0 Å². The summed E-state index contributed by atoms with van der Waals surface area (Å²) in [6.07, 6.45) is 4.00. The number of anilines is 1. The Labute approximate surface area is 157 Å². The highest BCUT2D eigenvalue weighted by molar-refractivity contribution is 7.14. The topological polar surface area (TPSA) is 84.0 Å². The molecule has 0 aliphatic rings. The molecule has 0 radical (unpaired) electrons. The first-order valence-corrected chi connectivity index (χ1v) is 8.79. The average molecular weight is 388 g/mol. The molecule has 9 heteroatoms. The molecule has 2 N–H and O–H groups in total. The molecule has 0 unspecified atom stereocenters. The summed E-state index contributed by atoms with van der Waals surface area (Å²) in [6, 6.07) is 6.22. The normalized spacial score (nSPS) is 10.4. The molecule has 3 rings (SSSR count). The Balaban J connectivity index is 1.55. The SMILES string of the molecule is O=C(Nc1nc(C(=O)NCCc2ccncc2)cs1)c1cc(F)cc(F)c1. The zero-order valence-electron chi connectivity index (χ0n) is 13.9. The molecule has 0 bridgehead atoms. The Morgan fingerprint density at radius 1 is 1.04 bits per heavy atom. The molecule has 0 aliphatic carbocycles. The largest absolute Gasteiger partial charge is 0.350 e. The number of nitrogens with zero attached hydrogens (tertiary/aromatic N) is 2. The van der Waals surface area contributed by atoms with E-state index >= 15 is 0 Å². The minimum atomic E-state index is -0.853. The zero-order chi connectivity index (χ0) is 19.2. The van der Waals surface area contributed by atoms with E-state index in [-0.39, 0.29) is 22.3 Å². The van der Waals surface area contributed by atoms with Gasteiger partial charge >= 0.3 is 0 Å². The number of aromatic nitrogens is 2. The van der Waals surface area contributed by atoms with Gasteiger partial charge in [-0.2, -0.15) is 0 Å². The van der Waals surface area contributed by atoms with Gasteiger partial charge in [0, 0.05) is 35.9 Å². The second-order valence-corrected chi connectivity index (χ2v) is 6.37. The second-order valence-electron chi connectivity index (χ2n) is 5.51. The van der Waals surface area contributed by atoms with Gasteiger partial charge in [-0.05, 0) is 36.2 Å². The fraction of sp³-hybridized carbons (Fsp3) is 0.111. The predicted octanol–water partition coefficient (Wildman–Crippen LogP) is 3.04. The van der Waals surface area contributed by atoms with Crippen LogP contribution in [0.15, 0.2) is 48.1 Å². The highest BCUT2D eigenvalue weighted by Gasteiger charge is 2.14. The van der Waals surface area contributed by atoms with Crippen molar-refractivity contribution >= 4 is 28.3 Å². The number of hydrogen-bond acceptors (Lipinski definition) is 5. The number of carbonyl (C=O) groups excluding carboxylic acids is 2. The Morgan fingerprint density at radius 3 is 2.44 bits per heavy atom. The molecule has 0 spiro atoms. The van der Waals surface area contributed by atoms with Crippen LogP contribution in [0.1, 0.15) is 26.4 Å². The van der Waals surface area contributed by atoms with Crippen LogP contribution in [0.5, 0.6) is 0 Å². The molecule has 0 fully saturated rings. The van der Waals surface area contributed by atoms with E-state index < -0.39 is 17.5 Å². The van der Waals surface area contributed by atoms with Crippen molar-refractivity contribution < 1.29 is 18.4 Å². The lowest BCUT2D eigenvalue weighted by atomic mass is 10.2. The van der Waals surface area contributed by atoms with Crippen molar-refractivity contribution in [1.29, 1.82) is 0 Å². The van der Waals surface area contributed by atoms with Crippen LogP contribution in [-0.4, -0.2) is 28.3 Å². The van der Waals surface area contributed by atoms with Gasteiger partial charge in [-0.25, -0.2) is 13.8 Å². The number of hydrogen-bond donors (Lipinski definition) is 2. The number of benzene rings is 1. The number of halogens is 2. The lowest BCUT2D eigenvalue weighted by Gasteiger charge is -2.03. The van der Waals surface area contributed by atoms with E-state index in [0.717, 1.165) is 29.0 Å². The van der Waals surface area contributed by atoms with Gasteiger partial charge in [0.15, 0.2) is 5.13 Å². The summed E-state index contributed by atoms with van der Waals surface area (Å²) in [5, 5.41) is 6.80. The monoisotopic (exact) mass is 388 g/mol. The summed E-state index contributed by atoms with van der Waals surface area (Å²) in [4.78, 5) is 32.1. The van der Waals surface area contributed by atoms with Crippen LogP contribution in [-0.2, 0) is 6.42 Å². The molecule has 2 heterocycles. The second kappa shape index (κ2) is 8.45. The van der Waals surface area contributed by atoms with Gasteiger partial charge in [-0.15, -0.1) is 11.3 Å². The molecule has 0 saturated carbocycles. The summed E-state index contributed by atoms with van der Waals surface area (Å²) >= 11 is 1.04. The minimum Gasteiger partial charge on any atom is -0.350 e. The molecule has 2 amide bonds. The molecule has 0 saturated heterocycles. The molecule has 3 aromatic rings. The van der Waals surface area contributed by atoms with Crippen molar-refractivity contribution in [3.05, 3.63) is 76.6 Å². The van der Waals surface area contributed by atoms with E-state index in [9.17, 15) is 18.4 Å². The number of carbonyl (C=O) groups is 2. The van der Waals surface area contributed by atoms with E-state index in [1.54, 1.807) is 12.4 Å². The summed E-state index contributed by atoms with van der Waals surface area (Å²) in [6.45, 7) is 0.421. The summed E-state index contributed by atoms with van der Waals surface area (Å²) < 4.78 is 26.4. The number of amides is 2. The maximum atomic E-state index is 13.2. The third-order valence-corrected chi connectivity index (χ3v) is 4.29. The van der Waals surface area contributed by atoms with E-state index in [1.807, 2.05) is 12.1 Å². The highest BCUT2D eigenvalue weighted by atomic mass is 32.1. The smallest absolute Gasteiger partial charge is 0.270 e. The van der Waals surface area contributed by atoms with Crippen molar-refractivity contribution in [1.82, 2.24) is 15.3 Å². The molecule has 27 heavy (non-hydrogen) atoms. The Kier molecular flexibility index (Phi) is 5.82. The van der Waals surface area contributed by atoms with Gasteiger partial charge in [0.2, 0.25) is 0 Å². The van der Waals surface area contributed by atoms with Crippen LogP contribution in [0.4, 0.5) is 13.9 Å². The molecule has 2 aromatic heterocycles. The molecule has 6 nitrogen and oxygen atoms in total. The fourth-order valence-corrected chi connectivity index (χ4v) is 2.94. The van der Waals surface area contributed by atoms with Gasteiger partial charge in [0.25, 0.3) is 11.8 Å². The molecule has 138 valence electrons. The Bertz CT molecular complexity index is 943. The van der Waals surface area contributed by atoms with Gasteiger partial charge < -0.3 is 5.32 Å². The number of nitrogens with one attached hydrogen (secondary N) is 2. The van der Waals surface area contributed by atoms with Crippen LogP contribution in [0.3, 0.4) is 0 Å². The van der Waals surface area contributed by atoms with Crippen LogP contribution in [0.25, 0.3) is 0 Å². The Morgan fingerprint density at radius 2 is 1.74 bits per heavy atom. The summed E-state index contributed by atoms with van der Waals surface area (Å²) in [7, 11) is 0. The van der Waals surface area contributed by atoms with Crippen molar-refractivity contribution in [2.75, 3.05) is 11.9 Å². The quantitative estimate of drug-likeness (QED) is 0.680. The van der Waals surface area contributed by atoms with Gasteiger partial charge in [0.1, 0.15) is 17.3 Å². The molecule has 1 aromatic carbocycles. The van der Waals surface area contributed by atoms with Gasteiger partial charge in [-0.3, -0.25) is 19.9 Å². The van der Waals surface area contributed by atoms with E-state index in [0.29, 0.717) is 19.0 Å². The third-order valence-electron chi connectivity index (χ3n) is 3.53. The zero-order valence-corrected chi connectivity index (χ0v) is 14.7. The number of rotatable bonds is 6. The predicted molar refractivity (Wildman–Crippen MR) is 96.7 cm³/mol. The maximum absolute atomic E-state index is 13.2. The Hall–Kier alpha value is -3.20. The molecule has 0 atom stereocenters. The first-order chi connectivity index (χ1) is 13.0. The van der Waals surface area contributed by atoms with Crippen molar-refractivity contribution in [2.24, 2.45) is 0 Å². The lowest BCUT2D eigenvalue weighted by molar-refractivity contribution is 0.0948. The maximum Gasteiger partial charge on any atom is 0.270 e. The van der Waals surface area contributed by atoms with Gasteiger partial charge in [-0.1, -0.05) is 0 Å². The lowest BCUT2D eigenvalue weighted by Crippen LogP contribution is -2.26. The number of thiazole rings is 1. The fourth-order valence-electron chi connectivity index (χ4n) is 2.25. The molecule has 0 aliphatic heterocycles. The average Bonchev–Trinajstić information content (AvgIpc) is 3.10. The van der Waals surface area contributed by atoms with Crippen LogP contribution in [0, 0.1) is 11.6 Å². The first kappa shape index (κ1) is 18.6. The molecular formula is C18H14F2N4O2S. The minimum absolute atomic E-state index is 0.149. The van der Waals surface area contributed by atoms with Gasteiger partial charge in [0.05, 0.1) is 0 Å². The molecular weight excluding hydrogens is 374 g/mol. The van der Waals surface area contributed by atoms with Crippen LogP contribution < -0.4 is 10.6 Å². The van der Waals surface area contributed by atoms with E-state index in [1.165, 1.54) is 5.38 Å². The van der Waals surface area contributed by atoms with Crippen LogP contribution in [0.2, 0.25) is 0 Å². The van der Waals surface area contributed by atoms with E-state index in [2.05, 4.69) is 20.6 Å². The van der Waals surface area contributed by atoms with Crippen LogP contribution >= 0.6 is 11.3 Å². The summed E-state index contributed by atoms with van der Waals surface area (Å²) in [5.41, 5.74) is 1.01. The first-order valence-electron chi connectivity index (χ1n) is 7.91. The standard InChI is InChI=1S/C18H14F2N4O2S/c19-13-7-12(8-14(20)9-13)16(25)24-18-23-15(10-27-18)17(26)22-6-3-11-1-4-21-5-2-11/h1-2,4-5,7-10H,3,6H2,(H,22,26)(H,23,24,25). The number of pyridine rings is 1. The summed E-state index contributed by atoms with van der Waals surface area (Å²) in [5.74, 6) is -2.80. The van der Waals surface area contributed by atoms with E-state index in [4.69, 9.17) is 0 Å². The highest BCUT2D eigenvalue weighted by Crippen LogP contribution is 2.17. The van der Waals surface area contributed by atoms with Crippen molar-refractivity contribution in [2.45, 2.75) is 6.42 Å². The third kappa shape index (κ3) is 5.14.